The number of hydrogen-bond acceptors (Lipinski definition) is 4. The van der Waals surface area contributed by atoms with Crippen LogP contribution >= 0.6 is 0 Å². The van der Waals surface area contributed by atoms with Gasteiger partial charge in [0.25, 0.3) is 0 Å². The molecule has 0 saturated heterocycles. The van der Waals surface area contributed by atoms with Crippen molar-refractivity contribution in [2.75, 3.05) is 10.6 Å². The van der Waals surface area contributed by atoms with Gasteiger partial charge in [-0.15, -0.1) is 0 Å². The average molecular weight is 352 g/mol. The minimum atomic E-state index is -0.174. The van der Waals surface area contributed by atoms with Crippen molar-refractivity contribution in [2.24, 2.45) is 11.8 Å². The van der Waals surface area contributed by atoms with Gasteiger partial charge in [0.15, 0.2) is 0 Å². The normalized spacial score (nSPS) is 19.6. The largest absolute Gasteiger partial charge is 0.310 e. The van der Waals surface area contributed by atoms with E-state index in [0.717, 1.165) is 30.7 Å². The molecule has 6 heteroatoms. The Kier molecular flexibility index (Phi) is 5.61. The highest BCUT2D eigenvalue weighted by Gasteiger charge is 2.31. The molecule has 1 aliphatic carbocycles. The highest BCUT2D eigenvalue weighted by atomic mass is 16.2. The van der Waals surface area contributed by atoms with Gasteiger partial charge < -0.3 is 10.6 Å². The maximum atomic E-state index is 12.6. The molecule has 2 amide bonds. The fourth-order valence-corrected chi connectivity index (χ4v) is 3.35. The summed E-state index contributed by atoms with van der Waals surface area (Å²) in [6.45, 7) is 3.77. The number of carbonyl (C=O) groups is 2. The first-order valence-electron chi connectivity index (χ1n) is 9.00. The lowest BCUT2D eigenvalue weighted by atomic mass is 9.80. The summed E-state index contributed by atoms with van der Waals surface area (Å²) < 4.78 is 0. The van der Waals surface area contributed by atoms with Gasteiger partial charge in [0.05, 0.1) is 0 Å². The van der Waals surface area contributed by atoms with Crippen molar-refractivity contribution in [1.82, 2.24) is 9.97 Å². The van der Waals surface area contributed by atoms with Crippen LogP contribution in [0.5, 0.6) is 0 Å². The Morgan fingerprint density at radius 3 is 1.73 bits per heavy atom. The maximum Gasteiger partial charge on any atom is 0.228 e. The number of hydrogen-bond donors (Lipinski definition) is 2. The number of anilines is 2. The fourth-order valence-electron chi connectivity index (χ4n) is 3.35. The van der Waals surface area contributed by atoms with Gasteiger partial charge in [-0.2, -0.15) is 0 Å². The van der Waals surface area contributed by atoms with Gasteiger partial charge in [-0.3, -0.25) is 9.59 Å². The fraction of sp³-hybridized carbons (Fsp3) is 0.400. The van der Waals surface area contributed by atoms with E-state index in [1.54, 1.807) is 12.1 Å². The molecule has 2 heterocycles. The first-order valence-corrected chi connectivity index (χ1v) is 9.00. The van der Waals surface area contributed by atoms with E-state index in [0.29, 0.717) is 18.1 Å². The lowest BCUT2D eigenvalue weighted by Gasteiger charge is -2.27. The molecule has 1 aliphatic rings. The Morgan fingerprint density at radius 2 is 1.31 bits per heavy atom. The summed E-state index contributed by atoms with van der Waals surface area (Å²) in [6.07, 6.45) is 3.00. The van der Waals surface area contributed by atoms with Crippen LogP contribution in [0.2, 0.25) is 0 Å². The molecule has 0 aliphatic heterocycles. The smallest absolute Gasteiger partial charge is 0.228 e. The number of amides is 2. The quantitative estimate of drug-likeness (QED) is 0.882. The van der Waals surface area contributed by atoms with Crippen molar-refractivity contribution in [1.29, 1.82) is 0 Å². The monoisotopic (exact) mass is 352 g/mol. The summed E-state index contributed by atoms with van der Waals surface area (Å²) in [5.41, 5.74) is 1.71. The number of aromatic nitrogens is 2. The molecule has 0 radical (unpaired) electrons. The molecule has 0 bridgehead atoms. The zero-order valence-corrected chi connectivity index (χ0v) is 15.2. The summed E-state index contributed by atoms with van der Waals surface area (Å²) in [5.74, 6) is 0.652. The van der Waals surface area contributed by atoms with E-state index in [2.05, 4.69) is 20.6 Å². The number of aryl methyl sites for hydroxylation is 2. The van der Waals surface area contributed by atoms with Crippen molar-refractivity contribution in [3.05, 3.63) is 47.8 Å². The minimum absolute atomic E-state index is 0.0609. The highest BCUT2D eigenvalue weighted by molar-refractivity contribution is 5.94. The van der Waals surface area contributed by atoms with Crippen LogP contribution in [0.1, 0.15) is 37.1 Å². The summed E-state index contributed by atoms with van der Waals surface area (Å²) in [4.78, 5) is 33.7. The molecule has 2 N–H and O–H groups in total. The van der Waals surface area contributed by atoms with Gasteiger partial charge in [0.2, 0.25) is 11.8 Å². The maximum absolute atomic E-state index is 12.6. The van der Waals surface area contributed by atoms with Gasteiger partial charge in [-0.1, -0.05) is 18.6 Å². The second-order valence-electron chi connectivity index (χ2n) is 6.87. The minimum Gasteiger partial charge on any atom is -0.310 e. The van der Waals surface area contributed by atoms with E-state index in [1.807, 2.05) is 38.1 Å². The summed E-state index contributed by atoms with van der Waals surface area (Å²) in [7, 11) is 0. The molecule has 1 fully saturated rings. The second-order valence-corrected chi connectivity index (χ2v) is 6.87. The van der Waals surface area contributed by atoms with Gasteiger partial charge in [0, 0.05) is 23.2 Å². The Hall–Kier alpha value is -2.76. The summed E-state index contributed by atoms with van der Waals surface area (Å²) >= 11 is 0. The van der Waals surface area contributed by atoms with Crippen molar-refractivity contribution in [3.8, 4) is 0 Å². The molecule has 136 valence electrons. The lowest BCUT2D eigenvalue weighted by molar-refractivity contribution is -0.124. The molecule has 6 nitrogen and oxygen atoms in total. The molecule has 2 atom stereocenters. The molecule has 1 saturated carbocycles. The third kappa shape index (κ3) is 4.65. The van der Waals surface area contributed by atoms with E-state index in [4.69, 9.17) is 0 Å². The van der Waals surface area contributed by atoms with Gasteiger partial charge in [-0.05, 0) is 57.4 Å². The molecule has 2 aromatic heterocycles. The summed E-state index contributed by atoms with van der Waals surface area (Å²) in [6, 6.07) is 11.1. The molecule has 3 rings (SSSR count). The Bertz CT molecular complexity index is 740. The number of pyridine rings is 2. The van der Waals surface area contributed by atoms with Gasteiger partial charge in [-0.25, -0.2) is 9.97 Å². The number of rotatable bonds is 4. The van der Waals surface area contributed by atoms with Gasteiger partial charge in [0.1, 0.15) is 11.6 Å². The van der Waals surface area contributed by atoms with Crippen LogP contribution in [-0.2, 0) is 9.59 Å². The van der Waals surface area contributed by atoms with Crippen molar-refractivity contribution < 1.29 is 9.59 Å². The Morgan fingerprint density at radius 1 is 0.846 bits per heavy atom. The highest BCUT2D eigenvalue weighted by Crippen LogP contribution is 2.30. The summed E-state index contributed by atoms with van der Waals surface area (Å²) in [5, 5.41) is 5.75. The SMILES string of the molecule is Cc1cccc(NC(=O)[C@H]2CCC[C@H](C(=O)Nc3cccc(C)n3)C2)n1. The first-order chi connectivity index (χ1) is 12.5. The number of nitrogens with zero attached hydrogens (tertiary/aromatic N) is 2. The van der Waals surface area contributed by atoms with Crippen molar-refractivity contribution in [2.45, 2.75) is 39.5 Å². The standard InChI is InChI=1S/C20H24N4O2/c1-13-6-3-10-17(21-13)23-19(25)15-8-5-9-16(12-15)20(26)24-18-11-4-7-14(2)22-18/h3-4,6-7,10-11,15-16H,5,8-9,12H2,1-2H3,(H,21,23,25)(H,22,24,26)/t15-,16-/m0/s1. The van der Waals surface area contributed by atoms with Crippen LogP contribution < -0.4 is 10.6 Å². The molecule has 0 spiro atoms. The molecular formula is C20H24N4O2. The topological polar surface area (TPSA) is 84.0 Å². The third-order valence-corrected chi connectivity index (χ3v) is 4.69. The van der Waals surface area contributed by atoms with Crippen LogP contribution in [-0.4, -0.2) is 21.8 Å². The first kappa shape index (κ1) is 18.0. The molecular weight excluding hydrogens is 328 g/mol. The van der Waals surface area contributed by atoms with E-state index >= 15 is 0 Å². The predicted molar refractivity (Wildman–Crippen MR) is 101 cm³/mol. The van der Waals surface area contributed by atoms with Crippen molar-refractivity contribution in [3.63, 3.8) is 0 Å². The lowest BCUT2D eigenvalue weighted by Crippen LogP contribution is -2.33. The van der Waals surface area contributed by atoms with E-state index < -0.39 is 0 Å². The third-order valence-electron chi connectivity index (χ3n) is 4.69. The Balaban J connectivity index is 1.59. The second kappa shape index (κ2) is 8.08. The van der Waals surface area contributed by atoms with Crippen LogP contribution in [0, 0.1) is 25.7 Å². The van der Waals surface area contributed by atoms with Crippen molar-refractivity contribution >= 4 is 23.5 Å². The number of nitrogens with one attached hydrogen (secondary N) is 2. The molecule has 26 heavy (non-hydrogen) atoms. The van der Waals surface area contributed by atoms with Gasteiger partial charge >= 0.3 is 0 Å². The molecule has 2 aromatic rings. The van der Waals surface area contributed by atoms with E-state index in [1.165, 1.54) is 0 Å². The van der Waals surface area contributed by atoms with E-state index in [-0.39, 0.29) is 23.7 Å². The van der Waals surface area contributed by atoms with Crippen LogP contribution in [0.4, 0.5) is 11.6 Å². The zero-order chi connectivity index (χ0) is 18.5. The van der Waals surface area contributed by atoms with Crippen LogP contribution in [0.15, 0.2) is 36.4 Å². The zero-order valence-electron chi connectivity index (χ0n) is 15.2. The predicted octanol–water partition coefficient (Wildman–Crippen LogP) is 3.48. The molecule has 0 unspecified atom stereocenters. The molecule has 0 aromatic carbocycles. The van der Waals surface area contributed by atoms with E-state index in [9.17, 15) is 9.59 Å². The van der Waals surface area contributed by atoms with Crippen LogP contribution in [0.25, 0.3) is 0 Å². The number of carbonyl (C=O) groups excluding carboxylic acids is 2. The average Bonchev–Trinajstić information content (AvgIpc) is 2.62. The Labute approximate surface area is 153 Å². The van der Waals surface area contributed by atoms with Crippen LogP contribution in [0.3, 0.4) is 0 Å².